The average molecular weight is 418 g/mol. The molecule has 3 aromatic carbocycles. The van der Waals surface area contributed by atoms with E-state index < -0.39 is 0 Å². The zero-order chi connectivity index (χ0) is 20.9. The van der Waals surface area contributed by atoms with Crippen LogP contribution in [-0.2, 0) is 6.54 Å². The van der Waals surface area contributed by atoms with E-state index >= 15 is 0 Å². The summed E-state index contributed by atoms with van der Waals surface area (Å²) >= 11 is 5.92. The molecule has 1 aromatic heterocycles. The maximum atomic E-state index is 8.82. The van der Waals surface area contributed by atoms with Gasteiger partial charge in [-0.3, -0.25) is 0 Å². The Kier molecular flexibility index (Phi) is 5.73. The lowest BCUT2D eigenvalue weighted by atomic mass is 10.2. The highest BCUT2D eigenvalue weighted by Gasteiger charge is 2.11. The molecule has 0 unspecified atom stereocenters. The summed E-state index contributed by atoms with van der Waals surface area (Å²) in [6.45, 7) is 1.14. The number of nitrogens with one attached hydrogen (secondary N) is 1. The summed E-state index contributed by atoms with van der Waals surface area (Å²) in [5, 5.41) is 12.7. The normalized spacial score (nSPS) is 10.7. The molecule has 0 radical (unpaired) electrons. The summed E-state index contributed by atoms with van der Waals surface area (Å²) in [5.41, 5.74) is 9.55. The van der Waals surface area contributed by atoms with Gasteiger partial charge >= 0.3 is 0 Å². The Labute approximate surface area is 179 Å². The van der Waals surface area contributed by atoms with Gasteiger partial charge in [-0.1, -0.05) is 23.7 Å². The number of nitrogens with zero attached hydrogens (tertiary/aromatic N) is 3. The van der Waals surface area contributed by atoms with Crippen LogP contribution in [0.1, 0.15) is 12.0 Å². The maximum absolute atomic E-state index is 8.82. The van der Waals surface area contributed by atoms with E-state index in [4.69, 9.17) is 27.3 Å². The third kappa shape index (κ3) is 4.48. The molecule has 0 spiro atoms. The first-order chi connectivity index (χ1) is 14.6. The van der Waals surface area contributed by atoms with Gasteiger partial charge in [0, 0.05) is 17.3 Å². The van der Waals surface area contributed by atoms with E-state index in [1.54, 1.807) is 12.1 Å². The number of fused-ring (bicyclic) bond motifs is 1. The Morgan fingerprint density at radius 2 is 1.73 bits per heavy atom. The second kappa shape index (κ2) is 8.76. The lowest BCUT2D eigenvalue weighted by Gasteiger charge is -2.11. The molecule has 0 atom stereocenters. The van der Waals surface area contributed by atoms with E-state index in [0.29, 0.717) is 36.2 Å². The Bertz CT molecular complexity index is 1190. The number of nitrogen functional groups attached to an aromatic ring is 1. The van der Waals surface area contributed by atoms with Crippen molar-refractivity contribution in [3.8, 4) is 17.6 Å². The van der Waals surface area contributed by atoms with E-state index in [0.717, 1.165) is 28.1 Å². The average Bonchev–Trinajstić information content (AvgIpc) is 3.08. The van der Waals surface area contributed by atoms with Gasteiger partial charge < -0.3 is 20.4 Å². The van der Waals surface area contributed by atoms with Gasteiger partial charge in [0.05, 0.1) is 30.1 Å². The molecule has 0 aliphatic heterocycles. The van der Waals surface area contributed by atoms with Crippen LogP contribution in [-0.4, -0.2) is 16.1 Å². The molecule has 0 aliphatic rings. The molecule has 4 aromatic rings. The summed E-state index contributed by atoms with van der Waals surface area (Å²) in [4.78, 5) is 4.65. The van der Waals surface area contributed by atoms with Crippen LogP contribution in [0.25, 0.3) is 11.0 Å². The first kappa shape index (κ1) is 19.6. The molecule has 0 saturated carbocycles. The van der Waals surface area contributed by atoms with Crippen molar-refractivity contribution < 1.29 is 4.74 Å². The van der Waals surface area contributed by atoms with Crippen LogP contribution in [0.3, 0.4) is 0 Å². The standard InChI is InChI=1S/C23H20ClN5O/c24-17-4-9-20(10-5-17)30-19-7-2-16(3-8-19)15-29-22-14-18(26)6-11-21(22)28-23(29)27-13-1-12-25/h2-11,14H,1,13,15,26H2,(H,27,28). The van der Waals surface area contributed by atoms with Gasteiger partial charge in [-0.25, -0.2) is 4.98 Å². The van der Waals surface area contributed by atoms with E-state index in [2.05, 4.69) is 20.9 Å². The Balaban J connectivity index is 1.56. The highest BCUT2D eigenvalue weighted by atomic mass is 35.5. The first-order valence-electron chi connectivity index (χ1n) is 9.51. The van der Waals surface area contributed by atoms with Crippen molar-refractivity contribution in [2.75, 3.05) is 17.6 Å². The molecule has 30 heavy (non-hydrogen) atoms. The number of imidazole rings is 1. The molecule has 0 amide bonds. The molecule has 7 heteroatoms. The monoisotopic (exact) mass is 417 g/mol. The summed E-state index contributed by atoms with van der Waals surface area (Å²) in [6, 6.07) is 22.9. The zero-order valence-electron chi connectivity index (χ0n) is 16.2. The molecule has 0 bridgehead atoms. The van der Waals surface area contributed by atoms with Gasteiger partial charge in [-0.2, -0.15) is 5.26 Å². The summed E-state index contributed by atoms with van der Waals surface area (Å²) in [6.07, 6.45) is 0.405. The van der Waals surface area contributed by atoms with E-state index in [1.807, 2.05) is 54.6 Å². The van der Waals surface area contributed by atoms with Crippen LogP contribution in [0.4, 0.5) is 11.6 Å². The molecule has 1 heterocycles. The molecule has 3 N–H and O–H groups in total. The number of ether oxygens (including phenoxy) is 1. The Morgan fingerprint density at radius 1 is 1.03 bits per heavy atom. The Morgan fingerprint density at radius 3 is 2.43 bits per heavy atom. The van der Waals surface area contributed by atoms with Crippen molar-refractivity contribution in [1.82, 2.24) is 9.55 Å². The van der Waals surface area contributed by atoms with Crippen molar-refractivity contribution in [3.05, 3.63) is 77.3 Å². The van der Waals surface area contributed by atoms with E-state index in [-0.39, 0.29) is 0 Å². The van der Waals surface area contributed by atoms with Crippen LogP contribution in [0.15, 0.2) is 66.7 Å². The van der Waals surface area contributed by atoms with Crippen LogP contribution < -0.4 is 15.8 Å². The Hall–Kier alpha value is -3.69. The lowest BCUT2D eigenvalue weighted by molar-refractivity contribution is 0.482. The van der Waals surface area contributed by atoms with Crippen molar-refractivity contribution in [3.63, 3.8) is 0 Å². The fourth-order valence-electron chi connectivity index (χ4n) is 3.15. The molecule has 4 rings (SSSR count). The van der Waals surface area contributed by atoms with Crippen molar-refractivity contribution in [1.29, 1.82) is 5.26 Å². The number of benzene rings is 3. The second-order valence-corrected chi connectivity index (χ2v) is 7.24. The minimum atomic E-state index is 0.405. The van der Waals surface area contributed by atoms with Crippen LogP contribution in [0.2, 0.25) is 5.02 Å². The molecule has 0 aliphatic carbocycles. The number of nitrogens with two attached hydrogens (primary N) is 1. The molecular formula is C23H20ClN5O. The third-order valence-electron chi connectivity index (χ3n) is 4.61. The fourth-order valence-corrected chi connectivity index (χ4v) is 3.28. The quantitative estimate of drug-likeness (QED) is 0.309. The number of aromatic nitrogens is 2. The number of rotatable bonds is 7. The second-order valence-electron chi connectivity index (χ2n) is 6.80. The first-order valence-corrected chi connectivity index (χ1v) is 9.89. The SMILES string of the molecule is N#CCCNc1nc2ccc(N)cc2n1Cc1ccc(Oc2ccc(Cl)cc2)cc1. The van der Waals surface area contributed by atoms with Crippen molar-refractivity contribution in [2.24, 2.45) is 0 Å². The van der Waals surface area contributed by atoms with Crippen LogP contribution in [0, 0.1) is 11.3 Å². The minimum Gasteiger partial charge on any atom is -0.457 e. The van der Waals surface area contributed by atoms with Crippen molar-refractivity contribution >= 4 is 34.3 Å². The highest BCUT2D eigenvalue weighted by Crippen LogP contribution is 2.26. The molecule has 0 saturated heterocycles. The largest absolute Gasteiger partial charge is 0.457 e. The maximum Gasteiger partial charge on any atom is 0.204 e. The number of nitriles is 1. The lowest BCUT2D eigenvalue weighted by Crippen LogP contribution is -2.09. The minimum absolute atomic E-state index is 0.405. The number of anilines is 2. The van der Waals surface area contributed by atoms with Crippen LogP contribution in [0.5, 0.6) is 11.5 Å². The highest BCUT2D eigenvalue weighted by molar-refractivity contribution is 6.30. The summed E-state index contributed by atoms with van der Waals surface area (Å²) in [5.74, 6) is 2.19. The van der Waals surface area contributed by atoms with Gasteiger partial charge in [0.15, 0.2) is 0 Å². The van der Waals surface area contributed by atoms with Gasteiger partial charge in [0.2, 0.25) is 5.95 Å². The van der Waals surface area contributed by atoms with Gasteiger partial charge in [0.25, 0.3) is 0 Å². The smallest absolute Gasteiger partial charge is 0.204 e. The molecule has 150 valence electrons. The van der Waals surface area contributed by atoms with E-state index in [1.165, 1.54) is 0 Å². The molecule has 0 fully saturated rings. The number of halogens is 1. The van der Waals surface area contributed by atoms with Gasteiger partial charge in [-0.15, -0.1) is 0 Å². The summed E-state index contributed by atoms with van der Waals surface area (Å²) < 4.78 is 7.93. The van der Waals surface area contributed by atoms with Gasteiger partial charge in [0.1, 0.15) is 11.5 Å². The number of hydrogen-bond donors (Lipinski definition) is 2. The topological polar surface area (TPSA) is 88.9 Å². The van der Waals surface area contributed by atoms with Crippen LogP contribution >= 0.6 is 11.6 Å². The predicted molar refractivity (Wildman–Crippen MR) is 120 cm³/mol. The van der Waals surface area contributed by atoms with Crippen molar-refractivity contribution in [2.45, 2.75) is 13.0 Å². The van der Waals surface area contributed by atoms with E-state index in [9.17, 15) is 0 Å². The molecular weight excluding hydrogens is 398 g/mol. The molecule has 6 nitrogen and oxygen atoms in total. The fraction of sp³-hybridized carbons (Fsp3) is 0.130. The summed E-state index contributed by atoms with van der Waals surface area (Å²) in [7, 11) is 0. The third-order valence-corrected chi connectivity index (χ3v) is 4.86. The zero-order valence-corrected chi connectivity index (χ0v) is 16.9. The predicted octanol–water partition coefficient (Wildman–Crippen LogP) is 5.44. The van der Waals surface area contributed by atoms with Gasteiger partial charge in [-0.05, 0) is 60.2 Å². The number of hydrogen-bond acceptors (Lipinski definition) is 5.